The normalized spacial score (nSPS) is 14.7. The van der Waals surface area contributed by atoms with Crippen molar-refractivity contribution in [3.05, 3.63) is 76.8 Å². The maximum atomic E-state index is 10.9. The first-order valence-electron chi connectivity index (χ1n) is 9.92. The van der Waals surface area contributed by atoms with Gasteiger partial charge in [-0.2, -0.15) is 0 Å². The third-order valence-electron chi connectivity index (χ3n) is 5.38. The minimum atomic E-state index is -0.694. The number of ether oxygens (including phenoxy) is 1. The third-order valence-corrected chi connectivity index (χ3v) is 5.63. The highest BCUT2D eigenvalue weighted by atomic mass is 35.5. The Bertz CT molecular complexity index is 997. The van der Waals surface area contributed by atoms with Crippen molar-refractivity contribution in [2.45, 2.75) is 19.4 Å². The third kappa shape index (κ3) is 5.08. The van der Waals surface area contributed by atoms with E-state index >= 15 is 0 Å². The highest BCUT2D eigenvalue weighted by molar-refractivity contribution is 6.30. The molecule has 3 aromatic rings. The van der Waals surface area contributed by atoms with E-state index in [4.69, 9.17) is 21.4 Å². The number of carboxylic acids is 1. The Labute approximate surface area is 175 Å². The van der Waals surface area contributed by atoms with Gasteiger partial charge in [0.25, 0.3) is 0 Å². The molecule has 4 rings (SSSR count). The molecule has 150 valence electrons. The summed E-state index contributed by atoms with van der Waals surface area (Å²) in [6.45, 7) is 2.74. The molecule has 0 radical (unpaired) electrons. The summed E-state index contributed by atoms with van der Waals surface area (Å²) < 4.78 is 5.93. The van der Waals surface area contributed by atoms with Crippen molar-refractivity contribution >= 4 is 28.3 Å². The number of carbonyl (C=O) groups is 1. The van der Waals surface area contributed by atoms with Gasteiger partial charge in [-0.15, -0.1) is 0 Å². The lowest BCUT2D eigenvalue weighted by Crippen LogP contribution is -2.49. The molecule has 0 aliphatic carbocycles. The lowest BCUT2D eigenvalue weighted by molar-refractivity contribution is -0.147. The summed E-state index contributed by atoms with van der Waals surface area (Å²) in [6.07, 6.45) is 1.92. The van der Waals surface area contributed by atoms with Gasteiger partial charge in [-0.05, 0) is 65.1 Å². The number of rotatable bonds is 8. The van der Waals surface area contributed by atoms with Crippen LogP contribution in [0.1, 0.15) is 17.5 Å². The molecule has 0 spiro atoms. The second-order valence-electron chi connectivity index (χ2n) is 7.65. The fraction of sp³-hybridized carbons (Fsp3) is 0.292. The van der Waals surface area contributed by atoms with Crippen LogP contribution in [0.2, 0.25) is 5.02 Å². The monoisotopic (exact) mass is 409 g/mol. The molecule has 1 aliphatic heterocycles. The molecule has 0 aromatic heterocycles. The SMILES string of the molecule is O=C(O)C1CN(Cc2ccc3cc(OCCCc4ccc(Cl)cc4)ccc3c2)C1. The van der Waals surface area contributed by atoms with Gasteiger partial charge >= 0.3 is 5.97 Å². The average molecular weight is 410 g/mol. The molecule has 4 nitrogen and oxygen atoms in total. The van der Waals surface area contributed by atoms with Crippen LogP contribution in [0.5, 0.6) is 5.75 Å². The number of likely N-dealkylation sites (tertiary alicyclic amines) is 1. The van der Waals surface area contributed by atoms with Gasteiger partial charge in [0.1, 0.15) is 5.75 Å². The largest absolute Gasteiger partial charge is 0.494 e. The van der Waals surface area contributed by atoms with Crippen LogP contribution >= 0.6 is 11.6 Å². The second kappa shape index (κ2) is 8.85. The number of hydrogen-bond donors (Lipinski definition) is 1. The van der Waals surface area contributed by atoms with Crippen molar-refractivity contribution < 1.29 is 14.6 Å². The van der Waals surface area contributed by atoms with E-state index in [0.717, 1.165) is 35.5 Å². The first kappa shape index (κ1) is 19.7. The summed E-state index contributed by atoms with van der Waals surface area (Å²) in [4.78, 5) is 13.1. The molecule has 0 atom stereocenters. The summed E-state index contributed by atoms with van der Waals surface area (Å²) in [7, 11) is 0. The number of aliphatic carboxylic acids is 1. The van der Waals surface area contributed by atoms with Gasteiger partial charge in [0.05, 0.1) is 12.5 Å². The summed E-state index contributed by atoms with van der Waals surface area (Å²) in [5.41, 5.74) is 2.47. The smallest absolute Gasteiger partial charge is 0.309 e. The summed E-state index contributed by atoms with van der Waals surface area (Å²) in [6, 6.07) is 20.5. The molecular weight excluding hydrogens is 386 g/mol. The molecular formula is C24H24ClNO3. The van der Waals surface area contributed by atoms with Crippen LogP contribution in [0.15, 0.2) is 60.7 Å². The number of nitrogens with zero attached hydrogens (tertiary/aromatic N) is 1. The predicted octanol–water partition coefficient (Wildman–Crippen LogP) is 5.02. The van der Waals surface area contributed by atoms with E-state index in [2.05, 4.69) is 47.4 Å². The Kier molecular flexibility index (Phi) is 6.02. The summed E-state index contributed by atoms with van der Waals surface area (Å²) in [5, 5.41) is 12.1. The van der Waals surface area contributed by atoms with E-state index in [1.807, 2.05) is 18.2 Å². The minimum absolute atomic E-state index is 0.213. The molecule has 0 unspecified atom stereocenters. The van der Waals surface area contributed by atoms with E-state index in [9.17, 15) is 4.79 Å². The maximum absolute atomic E-state index is 10.9. The number of hydrogen-bond acceptors (Lipinski definition) is 3. The molecule has 1 aliphatic rings. The summed E-state index contributed by atoms with van der Waals surface area (Å²) in [5.74, 6) is -0.0243. The molecule has 1 N–H and O–H groups in total. The van der Waals surface area contributed by atoms with Crippen LogP contribution in [-0.4, -0.2) is 35.7 Å². The Hall–Kier alpha value is -2.56. The van der Waals surface area contributed by atoms with E-state index in [1.54, 1.807) is 0 Å². The lowest BCUT2D eigenvalue weighted by atomic mass is 9.99. The molecule has 1 saturated heterocycles. The molecule has 3 aromatic carbocycles. The number of benzene rings is 3. The molecule has 1 fully saturated rings. The van der Waals surface area contributed by atoms with Crippen LogP contribution in [0.25, 0.3) is 10.8 Å². The quantitative estimate of drug-likeness (QED) is 0.530. The standard InChI is InChI=1S/C24H24ClNO3/c25-22-8-4-17(5-9-22)2-1-11-29-23-10-7-19-12-18(3-6-20(19)13-23)14-26-15-21(16-26)24(27)28/h3-10,12-13,21H,1-2,11,14-16H2,(H,27,28). The van der Waals surface area contributed by atoms with Crippen LogP contribution in [0.4, 0.5) is 0 Å². The van der Waals surface area contributed by atoms with Crippen LogP contribution in [-0.2, 0) is 17.8 Å². The number of carboxylic acid groups (broad SMARTS) is 1. The number of fused-ring (bicyclic) bond motifs is 1. The first-order chi connectivity index (χ1) is 14.1. The van der Waals surface area contributed by atoms with Crippen LogP contribution in [0, 0.1) is 5.92 Å². The Morgan fingerprint density at radius 1 is 1.00 bits per heavy atom. The van der Waals surface area contributed by atoms with Gasteiger partial charge in [-0.3, -0.25) is 9.69 Å². The molecule has 0 amide bonds. The van der Waals surface area contributed by atoms with Gasteiger partial charge in [0, 0.05) is 24.7 Å². The highest BCUT2D eigenvalue weighted by Gasteiger charge is 2.32. The Morgan fingerprint density at radius 2 is 1.69 bits per heavy atom. The molecule has 0 saturated carbocycles. The zero-order valence-corrected chi connectivity index (χ0v) is 16.9. The fourth-order valence-electron chi connectivity index (χ4n) is 3.69. The topological polar surface area (TPSA) is 49.8 Å². The van der Waals surface area contributed by atoms with Gasteiger partial charge in [0.15, 0.2) is 0 Å². The Balaban J connectivity index is 1.29. The molecule has 0 bridgehead atoms. The van der Waals surface area contributed by atoms with Crippen molar-refractivity contribution in [1.29, 1.82) is 0 Å². The van der Waals surface area contributed by atoms with Gasteiger partial charge in [0.2, 0.25) is 0 Å². The fourth-order valence-corrected chi connectivity index (χ4v) is 3.82. The van der Waals surface area contributed by atoms with Crippen LogP contribution < -0.4 is 4.74 Å². The predicted molar refractivity (Wildman–Crippen MR) is 116 cm³/mol. The van der Waals surface area contributed by atoms with Crippen molar-refractivity contribution in [3.8, 4) is 5.75 Å². The van der Waals surface area contributed by atoms with Crippen molar-refractivity contribution in [2.24, 2.45) is 5.92 Å². The van der Waals surface area contributed by atoms with Crippen molar-refractivity contribution in [2.75, 3.05) is 19.7 Å². The summed E-state index contributed by atoms with van der Waals surface area (Å²) >= 11 is 5.91. The van der Waals surface area contributed by atoms with Gasteiger partial charge in [-0.25, -0.2) is 0 Å². The number of aryl methyl sites for hydroxylation is 1. The minimum Gasteiger partial charge on any atom is -0.494 e. The molecule has 5 heteroatoms. The van der Waals surface area contributed by atoms with E-state index in [1.165, 1.54) is 16.5 Å². The zero-order chi connectivity index (χ0) is 20.2. The van der Waals surface area contributed by atoms with E-state index in [0.29, 0.717) is 19.7 Å². The highest BCUT2D eigenvalue weighted by Crippen LogP contribution is 2.25. The average Bonchev–Trinajstić information content (AvgIpc) is 2.68. The van der Waals surface area contributed by atoms with Crippen molar-refractivity contribution in [3.63, 3.8) is 0 Å². The molecule has 1 heterocycles. The van der Waals surface area contributed by atoms with Crippen LogP contribution in [0.3, 0.4) is 0 Å². The first-order valence-corrected chi connectivity index (χ1v) is 10.3. The van der Waals surface area contributed by atoms with E-state index in [-0.39, 0.29) is 5.92 Å². The lowest BCUT2D eigenvalue weighted by Gasteiger charge is -2.36. The van der Waals surface area contributed by atoms with E-state index < -0.39 is 5.97 Å². The van der Waals surface area contributed by atoms with Gasteiger partial charge < -0.3 is 9.84 Å². The van der Waals surface area contributed by atoms with Gasteiger partial charge in [-0.1, -0.05) is 41.9 Å². The Morgan fingerprint density at radius 3 is 2.45 bits per heavy atom. The maximum Gasteiger partial charge on any atom is 0.309 e. The zero-order valence-electron chi connectivity index (χ0n) is 16.2. The second-order valence-corrected chi connectivity index (χ2v) is 8.09. The van der Waals surface area contributed by atoms with Crippen molar-refractivity contribution in [1.82, 2.24) is 4.90 Å². The molecule has 29 heavy (non-hydrogen) atoms. The number of halogens is 1.